The number of carbonyl (C=O) groups is 1. The predicted octanol–water partition coefficient (Wildman–Crippen LogP) is 2.62. The summed E-state index contributed by atoms with van der Waals surface area (Å²) in [5, 5.41) is 0. The largest absolute Gasteiger partial charge is 0.458 e. The van der Waals surface area contributed by atoms with Gasteiger partial charge in [0.2, 0.25) is 0 Å². The second-order valence-corrected chi connectivity index (χ2v) is 5.26. The van der Waals surface area contributed by atoms with E-state index in [2.05, 4.69) is 9.97 Å². The highest BCUT2D eigenvalue weighted by atomic mass is 16.5. The molecule has 1 aromatic heterocycles. The van der Waals surface area contributed by atoms with E-state index in [1.54, 1.807) is 13.8 Å². The molecule has 116 valence electrons. The van der Waals surface area contributed by atoms with E-state index in [-0.39, 0.29) is 24.1 Å². The first-order valence-corrected chi connectivity index (χ1v) is 7.28. The van der Waals surface area contributed by atoms with Gasteiger partial charge in [0.1, 0.15) is 11.9 Å². The highest BCUT2D eigenvalue weighted by molar-refractivity contribution is 5.70. The number of benzene rings is 1. The molecule has 5 heteroatoms. The molecule has 5 nitrogen and oxygen atoms in total. The number of aromatic nitrogens is 2. The molecular formula is C17H20N2O3. The monoisotopic (exact) mass is 300 g/mol. The minimum absolute atomic E-state index is 0.159. The van der Waals surface area contributed by atoms with Crippen LogP contribution >= 0.6 is 0 Å². The lowest BCUT2D eigenvalue weighted by atomic mass is 10.1. The molecule has 0 fully saturated rings. The number of carbonyl (C=O) groups excluding carboxylic acids is 1. The van der Waals surface area contributed by atoms with E-state index in [0.717, 1.165) is 5.56 Å². The number of aromatic amines is 1. The van der Waals surface area contributed by atoms with Crippen LogP contribution in [-0.4, -0.2) is 15.9 Å². The second kappa shape index (κ2) is 7.02. The Hall–Kier alpha value is -2.43. The molecule has 0 aliphatic carbocycles. The molecule has 1 atom stereocenters. The third-order valence-electron chi connectivity index (χ3n) is 3.50. The molecule has 0 radical (unpaired) electrons. The maximum absolute atomic E-state index is 11.9. The van der Waals surface area contributed by atoms with Crippen LogP contribution in [0.15, 0.2) is 35.1 Å². The molecule has 0 aliphatic heterocycles. The molecule has 0 aliphatic rings. The number of ether oxygens (including phenoxy) is 1. The summed E-state index contributed by atoms with van der Waals surface area (Å²) in [5.41, 5.74) is 1.95. The third kappa shape index (κ3) is 4.04. The van der Waals surface area contributed by atoms with E-state index < -0.39 is 0 Å². The lowest BCUT2D eigenvalue weighted by Gasteiger charge is -2.13. The summed E-state index contributed by atoms with van der Waals surface area (Å²) in [6.07, 6.45) is 0.185. The number of hydrogen-bond donors (Lipinski definition) is 1. The summed E-state index contributed by atoms with van der Waals surface area (Å²) in [4.78, 5) is 30.7. The number of nitrogens with one attached hydrogen (secondary N) is 1. The van der Waals surface area contributed by atoms with Gasteiger partial charge in [-0.2, -0.15) is 0 Å². The summed E-state index contributed by atoms with van der Waals surface area (Å²) in [6, 6.07) is 9.55. The zero-order chi connectivity index (χ0) is 16.1. The van der Waals surface area contributed by atoms with Crippen molar-refractivity contribution in [3.8, 4) is 0 Å². The maximum Gasteiger partial charge on any atom is 0.306 e. The van der Waals surface area contributed by atoms with Gasteiger partial charge in [-0.05, 0) is 32.8 Å². The van der Waals surface area contributed by atoms with Crippen LogP contribution in [-0.2, 0) is 16.0 Å². The van der Waals surface area contributed by atoms with Gasteiger partial charge in [-0.1, -0.05) is 30.3 Å². The fraction of sp³-hybridized carbons (Fsp3) is 0.353. The number of aryl methyl sites for hydroxylation is 2. The molecule has 1 heterocycles. The van der Waals surface area contributed by atoms with Crippen molar-refractivity contribution in [3.05, 3.63) is 63.3 Å². The van der Waals surface area contributed by atoms with Crippen LogP contribution < -0.4 is 5.56 Å². The predicted molar refractivity (Wildman–Crippen MR) is 83.6 cm³/mol. The first kappa shape index (κ1) is 15.9. The number of H-pyrrole nitrogens is 1. The number of nitrogens with zero attached hydrogens (tertiary/aromatic N) is 1. The summed E-state index contributed by atoms with van der Waals surface area (Å²) >= 11 is 0. The first-order valence-electron chi connectivity index (χ1n) is 7.28. The minimum atomic E-state index is -0.323. The second-order valence-electron chi connectivity index (χ2n) is 5.26. The van der Waals surface area contributed by atoms with Crippen LogP contribution in [0.2, 0.25) is 0 Å². The van der Waals surface area contributed by atoms with Crippen molar-refractivity contribution in [2.45, 2.75) is 39.7 Å². The Morgan fingerprint density at radius 3 is 2.59 bits per heavy atom. The number of esters is 1. The quantitative estimate of drug-likeness (QED) is 0.862. The zero-order valence-corrected chi connectivity index (χ0v) is 13.1. The standard InChI is InChI=1S/C17H20N2O3/c1-11-15(17(21)19-13(3)18-11)9-10-16(20)22-12(2)14-7-5-4-6-8-14/h4-8,12H,9-10H2,1-3H3,(H,18,19,21). The third-order valence-corrected chi connectivity index (χ3v) is 3.50. The van der Waals surface area contributed by atoms with Crippen molar-refractivity contribution in [3.63, 3.8) is 0 Å². The first-order chi connectivity index (χ1) is 10.5. The molecular weight excluding hydrogens is 280 g/mol. The normalized spacial score (nSPS) is 12.0. The summed E-state index contributed by atoms with van der Waals surface area (Å²) in [7, 11) is 0. The van der Waals surface area contributed by atoms with Crippen LogP contribution in [0.3, 0.4) is 0 Å². The van der Waals surface area contributed by atoms with Gasteiger partial charge in [0.15, 0.2) is 0 Å². The van der Waals surface area contributed by atoms with E-state index in [0.29, 0.717) is 23.5 Å². The molecule has 0 bridgehead atoms. The van der Waals surface area contributed by atoms with E-state index in [1.807, 2.05) is 37.3 Å². The van der Waals surface area contributed by atoms with E-state index in [9.17, 15) is 9.59 Å². The van der Waals surface area contributed by atoms with Gasteiger partial charge in [0.25, 0.3) is 5.56 Å². The fourth-order valence-corrected chi connectivity index (χ4v) is 2.32. The molecule has 0 spiro atoms. The summed E-state index contributed by atoms with van der Waals surface area (Å²) < 4.78 is 5.39. The van der Waals surface area contributed by atoms with Crippen molar-refractivity contribution in [1.82, 2.24) is 9.97 Å². The van der Waals surface area contributed by atoms with Crippen LogP contribution in [0.5, 0.6) is 0 Å². The summed E-state index contributed by atoms with van der Waals surface area (Å²) in [5.74, 6) is 0.252. The molecule has 0 amide bonds. The van der Waals surface area contributed by atoms with Crippen molar-refractivity contribution < 1.29 is 9.53 Å². The van der Waals surface area contributed by atoms with Crippen molar-refractivity contribution >= 4 is 5.97 Å². The van der Waals surface area contributed by atoms with Crippen LogP contribution in [0.1, 0.15) is 42.1 Å². The molecule has 1 unspecified atom stereocenters. The Bertz CT molecular complexity index is 708. The summed E-state index contributed by atoms with van der Waals surface area (Å²) in [6.45, 7) is 5.34. The van der Waals surface area contributed by atoms with E-state index in [4.69, 9.17) is 4.74 Å². The highest BCUT2D eigenvalue weighted by Gasteiger charge is 2.14. The van der Waals surface area contributed by atoms with Crippen molar-refractivity contribution in [2.75, 3.05) is 0 Å². The Balaban J connectivity index is 1.95. The fourth-order valence-electron chi connectivity index (χ4n) is 2.32. The van der Waals surface area contributed by atoms with Crippen molar-refractivity contribution in [1.29, 1.82) is 0 Å². The lowest BCUT2D eigenvalue weighted by molar-refractivity contribution is -0.148. The average Bonchev–Trinajstić information content (AvgIpc) is 2.47. The molecule has 2 rings (SSSR count). The molecule has 1 N–H and O–H groups in total. The van der Waals surface area contributed by atoms with Gasteiger partial charge >= 0.3 is 5.97 Å². The number of rotatable bonds is 5. The Kier molecular flexibility index (Phi) is 5.09. The van der Waals surface area contributed by atoms with Gasteiger partial charge in [-0.25, -0.2) is 4.98 Å². The molecule has 1 aromatic carbocycles. The average molecular weight is 300 g/mol. The zero-order valence-electron chi connectivity index (χ0n) is 13.1. The minimum Gasteiger partial charge on any atom is -0.458 e. The number of hydrogen-bond acceptors (Lipinski definition) is 4. The SMILES string of the molecule is Cc1nc(C)c(CCC(=O)OC(C)c2ccccc2)c(=O)[nH]1. The molecule has 0 saturated carbocycles. The van der Waals surface area contributed by atoms with Gasteiger partial charge in [-0.15, -0.1) is 0 Å². The lowest BCUT2D eigenvalue weighted by Crippen LogP contribution is -2.19. The van der Waals surface area contributed by atoms with Gasteiger partial charge in [-0.3, -0.25) is 9.59 Å². The maximum atomic E-state index is 11.9. The van der Waals surface area contributed by atoms with E-state index >= 15 is 0 Å². The molecule has 2 aromatic rings. The topological polar surface area (TPSA) is 72.0 Å². The van der Waals surface area contributed by atoms with Gasteiger partial charge in [0.05, 0.1) is 0 Å². The van der Waals surface area contributed by atoms with Gasteiger partial charge < -0.3 is 9.72 Å². The molecule has 22 heavy (non-hydrogen) atoms. The van der Waals surface area contributed by atoms with Crippen molar-refractivity contribution in [2.24, 2.45) is 0 Å². The van der Waals surface area contributed by atoms with Crippen LogP contribution in [0.4, 0.5) is 0 Å². The van der Waals surface area contributed by atoms with Gasteiger partial charge in [0, 0.05) is 17.7 Å². The van der Waals surface area contributed by atoms with Crippen LogP contribution in [0, 0.1) is 13.8 Å². The Morgan fingerprint density at radius 1 is 1.27 bits per heavy atom. The van der Waals surface area contributed by atoms with E-state index in [1.165, 1.54) is 0 Å². The Labute approximate surface area is 129 Å². The van der Waals surface area contributed by atoms with Crippen LogP contribution in [0.25, 0.3) is 0 Å². The molecule has 0 saturated heterocycles. The Morgan fingerprint density at radius 2 is 1.95 bits per heavy atom. The highest BCUT2D eigenvalue weighted by Crippen LogP contribution is 2.17. The smallest absolute Gasteiger partial charge is 0.306 e.